The van der Waals surface area contributed by atoms with Gasteiger partial charge in [0.05, 0.1) is 25.0 Å². The van der Waals surface area contributed by atoms with E-state index < -0.39 is 41.6 Å². The number of fused-ring (bicyclic) bond motifs is 9. The Hall–Kier alpha value is -4.95. The smallest absolute Gasteiger partial charge is 0.334 e. The number of aromatic hydroxyl groups is 2. The average molecular weight is 787 g/mol. The van der Waals surface area contributed by atoms with Gasteiger partial charge in [-0.1, -0.05) is 61.4 Å². The van der Waals surface area contributed by atoms with Crippen molar-refractivity contribution in [2.75, 3.05) is 0 Å². The van der Waals surface area contributed by atoms with Crippen molar-refractivity contribution in [1.82, 2.24) is 0 Å². The first-order valence-electron chi connectivity index (χ1n) is 20.9. The van der Waals surface area contributed by atoms with Crippen molar-refractivity contribution in [2.45, 2.75) is 113 Å². The van der Waals surface area contributed by atoms with Crippen LogP contribution < -0.4 is 4.74 Å². The number of carbonyl (C=O) groups excluding carboxylic acids is 3. The maximum absolute atomic E-state index is 15.0. The van der Waals surface area contributed by atoms with Gasteiger partial charge < -0.3 is 35.0 Å². The van der Waals surface area contributed by atoms with Gasteiger partial charge in [-0.25, -0.2) is 4.79 Å². The summed E-state index contributed by atoms with van der Waals surface area (Å²) < 4.78 is 12.3. The number of rotatable bonds is 2. The number of benzene rings is 3. The van der Waals surface area contributed by atoms with E-state index in [1.807, 2.05) is 24.3 Å². The van der Waals surface area contributed by atoms with Gasteiger partial charge in [-0.05, 0) is 108 Å². The summed E-state index contributed by atoms with van der Waals surface area (Å²) in [6.45, 7) is -0.352. The zero-order chi connectivity index (χ0) is 40.3. The van der Waals surface area contributed by atoms with E-state index >= 15 is 4.79 Å². The normalized spacial score (nSPS) is 33.2. The highest BCUT2D eigenvalue weighted by molar-refractivity contribution is 5.89. The number of esters is 2. The molecule has 3 aromatic rings. The topological polar surface area (TPSA) is 171 Å². The van der Waals surface area contributed by atoms with Gasteiger partial charge in [0.25, 0.3) is 0 Å². The molecule has 3 fully saturated rings. The zero-order valence-corrected chi connectivity index (χ0v) is 32.4. The fourth-order valence-corrected chi connectivity index (χ4v) is 11.6. The Labute approximate surface area is 337 Å². The lowest BCUT2D eigenvalue weighted by Crippen LogP contribution is -2.65. The summed E-state index contributed by atoms with van der Waals surface area (Å²) in [6.07, 6.45) is 4.78. The predicted molar refractivity (Wildman–Crippen MR) is 212 cm³/mol. The maximum atomic E-state index is 15.0. The Morgan fingerprint density at radius 2 is 1.62 bits per heavy atom. The first-order chi connectivity index (χ1) is 28.0. The van der Waals surface area contributed by atoms with Crippen molar-refractivity contribution >= 4 is 17.7 Å². The second kappa shape index (κ2) is 15.3. The number of phenolic OH excluding ortho intramolecular Hbond substituents is 2. The number of hydrogen-bond acceptors (Lipinski definition) is 10. The van der Waals surface area contributed by atoms with Gasteiger partial charge in [0, 0.05) is 48.3 Å². The summed E-state index contributed by atoms with van der Waals surface area (Å²) >= 11 is 0. The molecule has 9 rings (SSSR count). The van der Waals surface area contributed by atoms with E-state index in [1.165, 1.54) is 24.3 Å². The second-order valence-corrected chi connectivity index (χ2v) is 17.6. The Balaban J connectivity index is 1.27. The molecule has 58 heavy (non-hydrogen) atoms. The van der Waals surface area contributed by atoms with Crippen LogP contribution in [0.5, 0.6) is 17.2 Å². The van der Waals surface area contributed by atoms with Crippen molar-refractivity contribution < 1.29 is 49.4 Å². The van der Waals surface area contributed by atoms with E-state index in [1.54, 1.807) is 12.1 Å². The molecule has 10 atom stereocenters. The molecule has 10 bridgehead atoms. The van der Waals surface area contributed by atoms with Gasteiger partial charge in [0.1, 0.15) is 34.7 Å². The molecule has 10 unspecified atom stereocenters. The minimum atomic E-state index is -1.57. The Morgan fingerprint density at radius 1 is 0.828 bits per heavy atom. The third-order valence-electron chi connectivity index (χ3n) is 14.2. The molecule has 0 radical (unpaired) electrons. The fourth-order valence-electron chi connectivity index (χ4n) is 11.6. The molecule has 3 aliphatic carbocycles. The molecular formula is C48H50O10. The van der Waals surface area contributed by atoms with Crippen molar-refractivity contribution in [3.63, 3.8) is 0 Å². The SMILES string of the molecule is O=C1CC2C#CC(c3cc(O)cc(CO)c3)CC3=CC(O)Cc4cccc(c4)CC4C(=O)CCC5C4CC4CCCCC4C5(O)C(Cc4cc2c(cc4O)O1)OC3=O. The summed E-state index contributed by atoms with van der Waals surface area (Å²) in [6, 6.07) is 15.7. The largest absolute Gasteiger partial charge is 0.508 e. The second-order valence-electron chi connectivity index (χ2n) is 17.6. The summed E-state index contributed by atoms with van der Waals surface area (Å²) in [4.78, 5) is 41.9. The number of ketones is 1. The zero-order valence-electron chi connectivity index (χ0n) is 32.4. The Bertz CT molecular complexity index is 2250. The molecule has 6 aliphatic rings. The van der Waals surface area contributed by atoms with E-state index in [9.17, 15) is 35.1 Å². The number of carbonyl (C=O) groups is 3. The minimum Gasteiger partial charge on any atom is -0.508 e. The first kappa shape index (κ1) is 38.6. The van der Waals surface area contributed by atoms with Crippen LogP contribution in [0.1, 0.15) is 103 Å². The van der Waals surface area contributed by atoms with E-state index in [2.05, 4.69) is 11.8 Å². The van der Waals surface area contributed by atoms with Crippen LogP contribution in [0.15, 0.2) is 66.2 Å². The number of hydrogen-bond donors (Lipinski definition) is 5. The molecule has 302 valence electrons. The van der Waals surface area contributed by atoms with Crippen LogP contribution in [0.3, 0.4) is 0 Å². The summed E-state index contributed by atoms with van der Waals surface area (Å²) in [5.74, 6) is 2.94. The van der Waals surface area contributed by atoms with E-state index in [-0.39, 0.29) is 90.5 Å². The van der Waals surface area contributed by atoms with Gasteiger partial charge in [0.15, 0.2) is 0 Å². The van der Waals surface area contributed by atoms with Crippen LogP contribution in [0.25, 0.3) is 0 Å². The number of aliphatic hydroxyl groups excluding tert-OH is 2. The highest BCUT2D eigenvalue weighted by Gasteiger charge is 2.62. The van der Waals surface area contributed by atoms with E-state index in [0.717, 1.165) is 43.2 Å². The van der Waals surface area contributed by atoms with Crippen LogP contribution >= 0.6 is 0 Å². The molecule has 3 aromatic carbocycles. The molecule has 10 nitrogen and oxygen atoms in total. The summed E-state index contributed by atoms with van der Waals surface area (Å²) in [5.41, 5.74) is 2.30. The summed E-state index contributed by atoms with van der Waals surface area (Å²) in [5, 5.41) is 57.8. The first-order valence-corrected chi connectivity index (χ1v) is 20.9. The lowest BCUT2D eigenvalue weighted by molar-refractivity contribution is -0.228. The lowest BCUT2D eigenvalue weighted by Gasteiger charge is -2.59. The monoisotopic (exact) mass is 786 g/mol. The van der Waals surface area contributed by atoms with Crippen LogP contribution in [0.2, 0.25) is 0 Å². The Kier molecular flexibility index (Phi) is 10.2. The molecular weight excluding hydrogens is 737 g/mol. The van der Waals surface area contributed by atoms with Crippen LogP contribution in [0.4, 0.5) is 0 Å². The number of ether oxygens (including phenoxy) is 2. The Morgan fingerprint density at radius 3 is 2.45 bits per heavy atom. The van der Waals surface area contributed by atoms with Gasteiger partial charge in [-0.3, -0.25) is 9.59 Å². The van der Waals surface area contributed by atoms with Crippen molar-refractivity contribution in [3.05, 3.63) is 99.6 Å². The van der Waals surface area contributed by atoms with Crippen LogP contribution in [-0.2, 0) is 45.0 Å². The summed E-state index contributed by atoms with van der Waals surface area (Å²) in [7, 11) is 0. The molecule has 0 spiro atoms. The highest BCUT2D eigenvalue weighted by atomic mass is 16.6. The highest BCUT2D eigenvalue weighted by Crippen LogP contribution is 2.58. The maximum Gasteiger partial charge on any atom is 0.334 e. The third-order valence-corrected chi connectivity index (χ3v) is 14.2. The van der Waals surface area contributed by atoms with Crippen molar-refractivity contribution in [3.8, 4) is 29.1 Å². The van der Waals surface area contributed by atoms with Crippen molar-refractivity contribution in [1.29, 1.82) is 0 Å². The van der Waals surface area contributed by atoms with Crippen LogP contribution in [0, 0.1) is 41.4 Å². The van der Waals surface area contributed by atoms with Gasteiger partial charge >= 0.3 is 11.9 Å². The number of phenols is 2. The third kappa shape index (κ3) is 7.12. The fraction of sp³-hybridized carbons (Fsp3) is 0.479. The molecule has 10 heteroatoms. The average Bonchev–Trinajstić information content (AvgIpc) is 3.20. The molecule has 0 saturated heterocycles. The van der Waals surface area contributed by atoms with Gasteiger partial charge in [-0.2, -0.15) is 0 Å². The van der Waals surface area contributed by atoms with Crippen molar-refractivity contribution in [2.24, 2.45) is 29.6 Å². The number of Topliss-reactive ketones (excluding diaryl/α,β-unsaturated/α-hetero) is 1. The molecule has 3 heterocycles. The molecule has 3 aliphatic heterocycles. The van der Waals surface area contributed by atoms with Crippen LogP contribution in [-0.4, -0.2) is 61.1 Å². The quantitative estimate of drug-likeness (QED) is 0.120. The molecule has 3 saturated carbocycles. The molecule has 5 N–H and O–H groups in total. The minimum absolute atomic E-state index is 0.0487. The standard InChI is InChI=1S/C48H50O10/c49-25-28-13-32(18-36(51)15-28)29-8-9-30-23-46(54)57-44-24-43(53)33(21-37(30)44)22-45-48(56)40-7-2-1-6-31(40)20-38-39(42(52)11-10-41(38)48)16-27-5-3-4-26(12-27)14-35(50)19-34(17-29)47(55)58-45/h3-5,12-13,15,18-19,21,24,29-31,35,38-41,45,49-51,53,56H,1-2,6-7,10-11,14,16-17,20,22-23,25H2. The van der Waals surface area contributed by atoms with E-state index in [0.29, 0.717) is 41.5 Å². The lowest BCUT2D eigenvalue weighted by atomic mass is 9.48. The van der Waals surface area contributed by atoms with Gasteiger partial charge in [-0.15, -0.1) is 0 Å². The van der Waals surface area contributed by atoms with Gasteiger partial charge in [0.2, 0.25) is 0 Å². The number of aliphatic hydroxyl groups is 3. The van der Waals surface area contributed by atoms with E-state index in [4.69, 9.17) is 9.47 Å². The molecule has 0 amide bonds. The molecule has 0 aromatic heterocycles. The predicted octanol–water partition coefficient (Wildman–Crippen LogP) is 5.87.